The van der Waals surface area contributed by atoms with E-state index in [2.05, 4.69) is 35.3 Å². The Bertz CT molecular complexity index is 448. The van der Waals surface area contributed by atoms with E-state index in [1.807, 2.05) is 0 Å². The number of aliphatic hydroxyl groups is 1. The van der Waals surface area contributed by atoms with Gasteiger partial charge in [-0.2, -0.15) is 0 Å². The molecule has 2 N–H and O–H groups in total. The number of nitrogens with zero attached hydrogens (tertiary/aromatic N) is 1. The maximum atomic E-state index is 9.22. The molecule has 3 rings (SSSR count). The van der Waals surface area contributed by atoms with Crippen LogP contribution in [0, 0.1) is 12.8 Å². The standard InChI is InChI=1S/C17H26N2O/c1-13-10-15(11-18-16-3-4-16)2-5-17(13)19-8-6-14(12-20)7-9-19/h2,5,10,14,16,18,20H,3-4,6-9,11-12H2,1H3. The molecule has 3 heteroatoms. The summed E-state index contributed by atoms with van der Waals surface area (Å²) in [5.74, 6) is 0.508. The molecular weight excluding hydrogens is 248 g/mol. The van der Waals surface area contributed by atoms with E-state index >= 15 is 0 Å². The highest BCUT2D eigenvalue weighted by atomic mass is 16.3. The van der Waals surface area contributed by atoms with E-state index in [-0.39, 0.29) is 0 Å². The van der Waals surface area contributed by atoms with E-state index in [4.69, 9.17) is 0 Å². The highest BCUT2D eigenvalue weighted by Gasteiger charge is 2.21. The lowest BCUT2D eigenvalue weighted by molar-refractivity contribution is 0.203. The molecule has 1 saturated carbocycles. The van der Waals surface area contributed by atoms with Crippen LogP contribution >= 0.6 is 0 Å². The van der Waals surface area contributed by atoms with Gasteiger partial charge in [0.05, 0.1) is 0 Å². The van der Waals surface area contributed by atoms with Crippen molar-refractivity contribution in [1.82, 2.24) is 5.32 Å². The van der Waals surface area contributed by atoms with Crippen LogP contribution in [0.2, 0.25) is 0 Å². The Hall–Kier alpha value is -1.06. The number of anilines is 1. The topological polar surface area (TPSA) is 35.5 Å². The van der Waals surface area contributed by atoms with Gasteiger partial charge in [0.25, 0.3) is 0 Å². The zero-order chi connectivity index (χ0) is 13.9. The Morgan fingerprint density at radius 1 is 1.20 bits per heavy atom. The fourth-order valence-electron chi connectivity index (χ4n) is 3.09. The number of piperidine rings is 1. The average molecular weight is 274 g/mol. The van der Waals surface area contributed by atoms with Crippen LogP contribution in [-0.4, -0.2) is 30.8 Å². The molecule has 3 nitrogen and oxygen atoms in total. The zero-order valence-corrected chi connectivity index (χ0v) is 12.4. The Morgan fingerprint density at radius 3 is 2.55 bits per heavy atom. The highest BCUT2D eigenvalue weighted by Crippen LogP contribution is 2.27. The number of hydrogen-bond donors (Lipinski definition) is 2. The maximum Gasteiger partial charge on any atom is 0.0460 e. The molecule has 0 unspecified atom stereocenters. The molecule has 0 spiro atoms. The average Bonchev–Trinajstić information content (AvgIpc) is 3.30. The van der Waals surface area contributed by atoms with Crippen molar-refractivity contribution in [2.75, 3.05) is 24.6 Å². The maximum absolute atomic E-state index is 9.22. The molecule has 20 heavy (non-hydrogen) atoms. The van der Waals surface area contributed by atoms with Crippen LogP contribution in [0.4, 0.5) is 5.69 Å². The molecule has 0 aromatic heterocycles. The Kier molecular flexibility index (Phi) is 4.27. The number of nitrogens with one attached hydrogen (secondary N) is 1. The second kappa shape index (κ2) is 6.15. The molecule has 2 aliphatic rings. The van der Waals surface area contributed by atoms with Crippen molar-refractivity contribution in [1.29, 1.82) is 0 Å². The smallest absolute Gasteiger partial charge is 0.0460 e. The second-order valence-corrected chi connectivity index (χ2v) is 6.39. The lowest BCUT2D eigenvalue weighted by atomic mass is 9.96. The van der Waals surface area contributed by atoms with E-state index in [0.717, 1.165) is 38.5 Å². The van der Waals surface area contributed by atoms with Gasteiger partial charge in [-0.05, 0) is 55.7 Å². The predicted octanol–water partition coefficient (Wildman–Crippen LogP) is 2.46. The fraction of sp³-hybridized carbons (Fsp3) is 0.647. The summed E-state index contributed by atoms with van der Waals surface area (Å²) in [5, 5.41) is 12.8. The lowest BCUT2D eigenvalue weighted by Crippen LogP contribution is -2.35. The molecule has 1 aliphatic heterocycles. The first-order chi connectivity index (χ1) is 9.76. The Morgan fingerprint density at radius 2 is 1.95 bits per heavy atom. The summed E-state index contributed by atoms with van der Waals surface area (Å²) in [6.07, 6.45) is 4.91. The van der Waals surface area contributed by atoms with Crippen LogP contribution < -0.4 is 10.2 Å². The molecule has 0 radical (unpaired) electrons. The monoisotopic (exact) mass is 274 g/mol. The van der Waals surface area contributed by atoms with E-state index in [1.54, 1.807) is 0 Å². The van der Waals surface area contributed by atoms with Gasteiger partial charge in [-0.25, -0.2) is 0 Å². The second-order valence-electron chi connectivity index (χ2n) is 6.39. The number of aryl methyl sites for hydroxylation is 1. The minimum atomic E-state index is 0.346. The van der Waals surface area contributed by atoms with Crippen LogP contribution in [0.1, 0.15) is 36.8 Å². The molecule has 0 amide bonds. The van der Waals surface area contributed by atoms with Gasteiger partial charge in [0.15, 0.2) is 0 Å². The number of hydrogen-bond acceptors (Lipinski definition) is 3. The first-order valence-corrected chi connectivity index (χ1v) is 7.95. The summed E-state index contributed by atoms with van der Waals surface area (Å²) in [6.45, 7) is 5.71. The van der Waals surface area contributed by atoms with Gasteiger partial charge in [0, 0.05) is 38.0 Å². The first kappa shape index (κ1) is 13.9. The van der Waals surface area contributed by atoms with Gasteiger partial charge in [0.2, 0.25) is 0 Å². The molecule has 2 fully saturated rings. The van der Waals surface area contributed by atoms with E-state index < -0.39 is 0 Å². The van der Waals surface area contributed by atoms with Crippen LogP contribution in [0.15, 0.2) is 18.2 Å². The SMILES string of the molecule is Cc1cc(CNC2CC2)ccc1N1CCC(CO)CC1. The summed E-state index contributed by atoms with van der Waals surface area (Å²) in [7, 11) is 0. The van der Waals surface area contributed by atoms with Crippen LogP contribution in [-0.2, 0) is 6.54 Å². The third kappa shape index (κ3) is 3.33. The third-order valence-electron chi connectivity index (χ3n) is 4.65. The van der Waals surface area contributed by atoms with Crippen molar-refractivity contribution in [3.8, 4) is 0 Å². The van der Waals surface area contributed by atoms with Gasteiger partial charge in [-0.3, -0.25) is 0 Å². The minimum Gasteiger partial charge on any atom is -0.396 e. The summed E-state index contributed by atoms with van der Waals surface area (Å²) in [5.41, 5.74) is 4.14. The normalized spacial score (nSPS) is 20.4. The van der Waals surface area contributed by atoms with Gasteiger partial charge < -0.3 is 15.3 Å². The molecule has 1 aromatic carbocycles. The van der Waals surface area contributed by atoms with Crippen molar-refractivity contribution in [2.24, 2.45) is 5.92 Å². The zero-order valence-electron chi connectivity index (χ0n) is 12.4. The Labute approximate surface area is 122 Å². The Balaban J connectivity index is 1.61. The van der Waals surface area contributed by atoms with E-state index in [0.29, 0.717) is 12.5 Å². The predicted molar refractivity (Wildman–Crippen MR) is 83.1 cm³/mol. The van der Waals surface area contributed by atoms with Crippen molar-refractivity contribution < 1.29 is 5.11 Å². The van der Waals surface area contributed by atoms with Crippen molar-refractivity contribution >= 4 is 5.69 Å². The highest BCUT2D eigenvalue weighted by molar-refractivity contribution is 5.54. The molecule has 0 bridgehead atoms. The molecule has 0 atom stereocenters. The summed E-state index contributed by atoms with van der Waals surface area (Å²) in [6, 6.07) is 7.63. The van der Waals surface area contributed by atoms with Gasteiger partial charge in [0.1, 0.15) is 0 Å². The number of rotatable bonds is 5. The quantitative estimate of drug-likeness (QED) is 0.866. The molecule has 1 heterocycles. The number of aliphatic hydroxyl groups excluding tert-OH is 1. The molecule has 110 valence electrons. The lowest BCUT2D eigenvalue weighted by Gasteiger charge is -2.34. The molecular formula is C17H26N2O. The molecule has 1 aliphatic carbocycles. The van der Waals surface area contributed by atoms with Gasteiger partial charge in [-0.1, -0.05) is 12.1 Å². The van der Waals surface area contributed by atoms with Crippen molar-refractivity contribution in [3.63, 3.8) is 0 Å². The van der Waals surface area contributed by atoms with Crippen molar-refractivity contribution in [3.05, 3.63) is 29.3 Å². The largest absolute Gasteiger partial charge is 0.396 e. The van der Waals surface area contributed by atoms with Crippen LogP contribution in [0.5, 0.6) is 0 Å². The fourth-order valence-corrected chi connectivity index (χ4v) is 3.09. The van der Waals surface area contributed by atoms with Crippen LogP contribution in [0.3, 0.4) is 0 Å². The van der Waals surface area contributed by atoms with E-state index in [9.17, 15) is 5.11 Å². The summed E-state index contributed by atoms with van der Waals surface area (Å²) >= 11 is 0. The molecule has 1 saturated heterocycles. The molecule has 1 aromatic rings. The van der Waals surface area contributed by atoms with Crippen LogP contribution in [0.25, 0.3) is 0 Å². The van der Waals surface area contributed by atoms with Crippen molar-refractivity contribution in [2.45, 2.75) is 45.2 Å². The third-order valence-corrected chi connectivity index (χ3v) is 4.65. The minimum absolute atomic E-state index is 0.346. The summed E-state index contributed by atoms with van der Waals surface area (Å²) < 4.78 is 0. The van der Waals surface area contributed by atoms with E-state index in [1.165, 1.54) is 29.7 Å². The first-order valence-electron chi connectivity index (χ1n) is 7.95. The van der Waals surface area contributed by atoms with Gasteiger partial charge in [-0.15, -0.1) is 0 Å². The van der Waals surface area contributed by atoms with Gasteiger partial charge >= 0.3 is 0 Å². The summed E-state index contributed by atoms with van der Waals surface area (Å²) in [4.78, 5) is 2.47. The number of benzene rings is 1.